The predicted molar refractivity (Wildman–Crippen MR) is 66.1 cm³/mol. The molecule has 2 heterocycles. The van der Waals surface area contributed by atoms with Crippen LogP contribution in [-0.2, 0) is 9.59 Å². The van der Waals surface area contributed by atoms with Gasteiger partial charge < -0.3 is 10.0 Å². The van der Waals surface area contributed by atoms with Crippen LogP contribution in [0.4, 0.5) is 0 Å². The number of hydrogen-bond donors (Lipinski definition) is 1. The van der Waals surface area contributed by atoms with Crippen molar-refractivity contribution in [2.24, 2.45) is 5.92 Å². The molecule has 1 aliphatic heterocycles. The van der Waals surface area contributed by atoms with Gasteiger partial charge in [0.15, 0.2) is 0 Å². The molecule has 1 aliphatic rings. The number of rotatable bonds is 3. The third-order valence-electron chi connectivity index (χ3n) is 2.53. The third kappa shape index (κ3) is 2.87. The molecule has 0 unspecified atom stereocenters. The van der Waals surface area contributed by atoms with Gasteiger partial charge in [-0.2, -0.15) is 0 Å². The molecule has 1 aromatic rings. The maximum absolute atomic E-state index is 11.6. The highest BCUT2D eigenvalue weighted by Gasteiger charge is 2.34. The van der Waals surface area contributed by atoms with Gasteiger partial charge in [-0.3, -0.25) is 9.59 Å². The number of thiophene rings is 1. The molecule has 1 aromatic heterocycles. The average Bonchev–Trinajstić information content (AvgIpc) is 2.58. The lowest BCUT2D eigenvalue weighted by molar-refractivity contribution is -0.151. The summed E-state index contributed by atoms with van der Waals surface area (Å²) < 4.78 is 0.673. The van der Waals surface area contributed by atoms with Crippen molar-refractivity contribution < 1.29 is 14.7 Å². The number of carbonyl (C=O) groups excluding carboxylic acids is 1. The molecule has 1 amide bonds. The number of hydrogen-bond acceptors (Lipinski definition) is 3. The summed E-state index contributed by atoms with van der Waals surface area (Å²) >= 11 is 7.14. The molecular formula is C11H10ClNO3S. The summed E-state index contributed by atoms with van der Waals surface area (Å²) in [5.41, 5.74) is 0. The van der Waals surface area contributed by atoms with E-state index >= 15 is 0 Å². The van der Waals surface area contributed by atoms with Gasteiger partial charge in [0.25, 0.3) is 0 Å². The van der Waals surface area contributed by atoms with Gasteiger partial charge in [0.2, 0.25) is 5.91 Å². The van der Waals surface area contributed by atoms with Crippen molar-refractivity contribution in [2.45, 2.75) is 0 Å². The Hall–Kier alpha value is -1.33. The van der Waals surface area contributed by atoms with Gasteiger partial charge in [0.05, 0.1) is 10.3 Å². The first-order valence-corrected chi connectivity index (χ1v) is 6.21. The zero-order valence-corrected chi connectivity index (χ0v) is 10.4. The van der Waals surface area contributed by atoms with E-state index in [1.807, 2.05) is 6.07 Å². The number of carboxylic acid groups (broad SMARTS) is 1. The Morgan fingerprint density at radius 3 is 2.71 bits per heavy atom. The molecule has 0 spiro atoms. The second-order valence-electron chi connectivity index (χ2n) is 3.75. The number of halogens is 1. The second kappa shape index (κ2) is 4.89. The summed E-state index contributed by atoms with van der Waals surface area (Å²) in [6.45, 7) is 0.591. The average molecular weight is 272 g/mol. The molecule has 17 heavy (non-hydrogen) atoms. The van der Waals surface area contributed by atoms with Crippen molar-refractivity contribution in [2.75, 3.05) is 13.1 Å². The fourth-order valence-corrected chi connectivity index (χ4v) is 2.46. The zero-order chi connectivity index (χ0) is 12.4. The molecule has 0 atom stereocenters. The Morgan fingerprint density at radius 2 is 2.18 bits per heavy atom. The number of aliphatic carboxylic acids is 1. The lowest BCUT2D eigenvalue weighted by atomic mass is 10.0. The van der Waals surface area contributed by atoms with Crippen LogP contribution in [0, 0.1) is 5.92 Å². The van der Waals surface area contributed by atoms with Crippen molar-refractivity contribution in [1.29, 1.82) is 0 Å². The molecule has 90 valence electrons. The van der Waals surface area contributed by atoms with Gasteiger partial charge in [-0.15, -0.1) is 11.3 Å². The van der Waals surface area contributed by atoms with Crippen LogP contribution in [0.2, 0.25) is 4.34 Å². The SMILES string of the molecule is O=C(O)C1CN(C(=O)C=Cc2ccc(Cl)s2)C1. The Labute approximate surface area is 107 Å². The minimum Gasteiger partial charge on any atom is -0.481 e. The Kier molecular flexibility index (Phi) is 3.49. The van der Waals surface area contributed by atoms with Crippen molar-refractivity contribution in [1.82, 2.24) is 4.90 Å². The van der Waals surface area contributed by atoms with Crippen molar-refractivity contribution >= 4 is 40.9 Å². The minimum atomic E-state index is -0.844. The summed E-state index contributed by atoms with van der Waals surface area (Å²) in [6.07, 6.45) is 3.13. The molecular weight excluding hydrogens is 262 g/mol. The van der Waals surface area contributed by atoms with E-state index < -0.39 is 11.9 Å². The molecule has 2 rings (SSSR count). The topological polar surface area (TPSA) is 57.6 Å². The Balaban J connectivity index is 1.87. The van der Waals surface area contributed by atoms with E-state index in [4.69, 9.17) is 16.7 Å². The van der Waals surface area contributed by atoms with Crippen LogP contribution in [-0.4, -0.2) is 35.0 Å². The van der Waals surface area contributed by atoms with E-state index in [0.29, 0.717) is 17.4 Å². The molecule has 0 bridgehead atoms. The highest BCUT2D eigenvalue weighted by molar-refractivity contribution is 7.17. The van der Waals surface area contributed by atoms with E-state index in [-0.39, 0.29) is 5.91 Å². The molecule has 1 saturated heterocycles. The van der Waals surface area contributed by atoms with Crippen molar-refractivity contribution in [3.63, 3.8) is 0 Å². The molecule has 6 heteroatoms. The van der Waals surface area contributed by atoms with Gasteiger partial charge in [-0.25, -0.2) is 0 Å². The molecule has 0 radical (unpaired) electrons. The van der Waals surface area contributed by atoms with Crippen LogP contribution in [0.3, 0.4) is 0 Å². The molecule has 0 aromatic carbocycles. The monoisotopic (exact) mass is 271 g/mol. The van der Waals surface area contributed by atoms with Gasteiger partial charge in [-0.1, -0.05) is 11.6 Å². The number of amides is 1. The maximum Gasteiger partial charge on any atom is 0.310 e. The maximum atomic E-state index is 11.6. The second-order valence-corrected chi connectivity index (χ2v) is 5.50. The molecule has 4 nitrogen and oxygen atoms in total. The predicted octanol–water partition coefficient (Wildman–Crippen LogP) is 1.96. The normalized spacial score (nSPS) is 16.2. The van der Waals surface area contributed by atoms with Crippen molar-refractivity contribution in [3.05, 3.63) is 27.4 Å². The highest BCUT2D eigenvalue weighted by Crippen LogP contribution is 2.23. The Morgan fingerprint density at radius 1 is 1.47 bits per heavy atom. The van der Waals surface area contributed by atoms with Gasteiger partial charge in [0, 0.05) is 24.0 Å². The van der Waals surface area contributed by atoms with E-state index in [0.717, 1.165) is 4.88 Å². The first-order chi connectivity index (χ1) is 8.06. The van der Waals surface area contributed by atoms with Crippen LogP contribution >= 0.6 is 22.9 Å². The first kappa shape index (κ1) is 12.1. The quantitative estimate of drug-likeness (QED) is 0.855. The number of likely N-dealkylation sites (tertiary alicyclic amines) is 1. The molecule has 1 N–H and O–H groups in total. The van der Waals surface area contributed by atoms with Crippen LogP contribution in [0.15, 0.2) is 18.2 Å². The smallest absolute Gasteiger partial charge is 0.310 e. The van der Waals surface area contributed by atoms with Gasteiger partial charge in [0.1, 0.15) is 0 Å². The van der Waals surface area contributed by atoms with Gasteiger partial charge >= 0.3 is 5.97 Å². The summed E-state index contributed by atoms with van der Waals surface area (Å²) in [5.74, 6) is -1.42. The summed E-state index contributed by atoms with van der Waals surface area (Å²) in [7, 11) is 0. The summed E-state index contributed by atoms with van der Waals surface area (Å²) in [6, 6.07) is 3.59. The van der Waals surface area contributed by atoms with Gasteiger partial charge in [-0.05, 0) is 18.2 Å². The number of nitrogens with zero attached hydrogens (tertiary/aromatic N) is 1. The van der Waals surface area contributed by atoms with E-state index in [9.17, 15) is 9.59 Å². The largest absolute Gasteiger partial charge is 0.481 e. The molecule has 0 aliphatic carbocycles. The van der Waals surface area contributed by atoms with Crippen LogP contribution in [0.25, 0.3) is 6.08 Å². The third-order valence-corrected chi connectivity index (χ3v) is 3.72. The van der Waals surface area contributed by atoms with Crippen LogP contribution in [0.1, 0.15) is 4.88 Å². The number of carbonyl (C=O) groups is 2. The number of carboxylic acids is 1. The standard InChI is InChI=1S/C11H10ClNO3S/c12-9-3-1-8(17-9)2-4-10(14)13-5-7(6-13)11(15)16/h1-4,7H,5-6H2,(H,15,16). The fourth-order valence-electron chi connectivity index (χ4n) is 1.49. The summed E-state index contributed by atoms with van der Waals surface area (Å²) in [4.78, 5) is 24.6. The van der Waals surface area contributed by atoms with E-state index in [1.165, 1.54) is 22.3 Å². The fraction of sp³-hybridized carbons (Fsp3) is 0.273. The minimum absolute atomic E-state index is 0.160. The van der Waals surface area contributed by atoms with Crippen LogP contribution < -0.4 is 0 Å². The van der Waals surface area contributed by atoms with E-state index in [2.05, 4.69) is 0 Å². The lowest BCUT2D eigenvalue weighted by Gasteiger charge is -2.35. The lowest BCUT2D eigenvalue weighted by Crippen LogP contribution is -2.52. The zero-order valence-electron chi connectivity index (χ0n) is 8.80. The molecule has 0 saturated carbocycles. The van der Waals surface area contributed by atoms with Crippen molar-refractivity contribution in [3.8, 4) is 0 Å². The Bertz CT molecular complexity index is 477. The highest BCUT2D eigenvalue weighted by atomic mass is 35.5. The first-order valence-electron chi connectivity index (χ1n) is 5.01. The summed E-state index contributed by atoms with van der Waals surface area (Å²) in [5, 5.41) is 8.67. The van der Waals surface area contributed by atoms with E-state index in [1.54, 1.807) is 12.1 Å². The van der Waals surface area contributed by atoms with Crippen LogP contribution in [0.5, 0.6) is 0 Å². The molecule has 1 fully saturated rings.